The Bertz CT molecular complexity index is 633. The molecule has 0 bridgehead atoms. The molecule has 0 spiro atoms. The maximum atomic E-state index is 12.7. The second kappa shape index (κ2) is 9.45. The standard InChI is InChI=1S/C21H32ClN3O2/c1-5-21(6-2,17-7-9-18(22)10-8-17)15-23-19(26)16-11-13-25(14-12-16)20(27)24(3)4/h7-10,16H,5-6,11-15H2,1-4H3,(H,23,26). The first-order valence-electron chi connectivity index (χ1n) is 9.83. The number of hydrogen-bond donors (Lipinski definition) is 1. The van der Waals surface area contributed by atoms with Crippen LogP contribution in [0, 0.1) is 5.92 Å². The number of piperidine rings is 1. The third-order valence-corrected chi connectivity index (χ3v) is 6.18. The van der Waals surface area contributed by atoms with E-state index in [0.717, 1.165) is 30.7 Å². The number of carbonyl (C=O) groups is 2. The molecule has 1 aliphatic rings. The summed E-state index contributed by atoms with van der Waals surface area (Å²) in [5, 5.41) is 3.91. The molecular formula is C21H32ClN3O2. The van der Waals surface area contributed by atoms with E-state index in [2.05, 4.69) is 31.3 Å². The fraction of sp³-hybridized carbons (Fsp3) is 0.619. The maximum Gasteiger partial charge on any atom is 0.319 e. The minimum absolute atomic E-state index is 0.0205. The molecule has 3 amide bonds. The molecule has 0 aliphatic carbocycles. The third-order valence-electron chi connectivity index (χ3n) is 5.93. The lowest BCUT2D eigenvalue weighted by Crippen LogP contribution is -2.48. The molecule has 0 atom stereocenters. The number of halogens is 1. The first-order valence-corrected chi connectivity index (χ1v) is 10.2. The van der Waals surface area contributed by atoms with Crippen molar-refractivity contribution in [3.05, 3.63) is 34.9 Å². The fourth-order valence-electron chi connectivity index (χ4n) is 3.83. The van der Waals surface area contributed by atoms with Crippen LogP contribution < -0.4 is 5.32 Å². The highest BCUT2D eigenvalue weighted by atomic mass is 35.5. The van der Waals surface area contributed by atoms with Crippen LogP contribution in [0.3, 0.4) is 0 Å². The Labute approximate surface area is 168 Å². The van der Waals surface area contributed by atoms with Crippen molar-refractivity contribution in [3.63, 3.8) is 0 Å². The largest absolute Gasteiger partial charge is 0.355 e. The Kier molecular flexibility index (Phi) is 7.54. The zero-order valence-corrected chi connectivity index (χ0v) is 17.7. The van der Waals surface area contributed by atoms with Crippen LogP contribution in [-0.2, 0) is 10.2 Å². The Balaban J connectivity index is 1.95. The Morgan fingerprint density at radius 1 is 1.15 bits per heavy atom. The number of nitrogens with one attached hydrogen (secondary N) is 1. The molecule has 1 saturated heterocycles. The molecule has 5 nitrogen and oxygen atoms in total. The van der Waals surface area contributed by atoms with Gasteiger partial charge in [-0.15, -0.1) is 0 Å². The van der Waals surface area contributed by atoms with Gasteiger partial charge in [-0.25, -0.2) is 4.79 Å². The van der Waals surface area contributed by atoms with Crippen LogP contribution in [0.15, 0.2) is 24.3 Å². The van der Waals surface area contributed by atoms with Gasteiger partial charge in [0, 0.05) is 50.1 Å². The highest BCUT2D eigenvalue weighted by Crippen LogP contribution is 2.32. The van der Waals surface area contributed by atoms with Gasteiger partial charge in [-0.1, -0.05) is 37.6 Å². The maximum absolute atomic E-state index is 12.7. The van der Waals surface area contributed by atoms with Crippen molar-refractivity contribution in [2.75, 3.05) is 33.7 Å². The summed E-state index contributed by atoms with van der Waals surface area (Å²) >= 11 is 6.03. The van der Waals surface area contributed by atoms with Crippen molar-refractivity contribution in [2.45, 2.75) is 44.9 Å². The van der Waals surface area contributed by atoms with E-state index in [1.807, 2.05) is 17.0 Å². The van der Waals surface area contributed by atoms with Crippen molar-refractivity contribution >= 4 is 23.5 Å². The molecule has 1 fully saturated rings. The topological polar surface area (TPSA) is 52.7 Å². The van der Waals surface area contributed by atoms with E-state index in [-0.39, 0.29) is 23.3 Å². The van der Waals surface area contributed by atoms with Gasteiger partial charge in [0.2, 0.25) is 5.91 Å². The van der Waals surface area contributed by atoms with E-state index in [0.29, 0.717) is 19.6 Å². The van der Waals surface area contributed by atoms with Crippen molar-refractivity contribution in [1.29, 1.82) is 0 Å². The minimum Gasteiger partial charge on any atom is -0.355 e. The van der Waals surface area contributed by atoms with Gasteiger partial charge in [-0.3, -0.25) is 4.79 Å². The predicted octanol–water partition coefficient (Wildman–Crippen LogP) is 3.91. The van der Waals surface area contributed by atoms with Gasteiger partial charge in [0.15, 0.2) is 0 Å². The van der Waals surface area contributed by atoms with Gasteiger partial charge in [0.1, 0.15) is 0 Å². The fourth-order valence-corrected chi connectivity index (χ4v) is 3.96. The first kappa shape index (κ1) is 21.5. The molecule has 1 aromatic carbocycles. The van der Waals surface area contributed by atoms with E-state index in [1.165, 1.54) is 5.56 Å². The lowest BCUT2D eigenvalue weighted by atomic mass is 9.75. The van der Waals surface area contributed by atoms with E-state index < -0.39 is 0 Å². The Morgan fingerprint density at radius 2 is 1.70 bits per heavy atom. The molecule has 1 heterocycles. The quantitative estimate of drug-likeness (QED) is 0.796. The van der Waals surface area contributed by atoms with Crippen molar-refractivity contribution in [1.82, 2.24) is 15.1 Å². The average molecular weight is 394 g/mol. The summed E-state index contributed by atoms with van der Waals surface area (Å²) in [6.45, 7) is 6.22. The van der Waals surface area contributed by atoms with Gasteiger partial charge in [-0.2, -0.15) is 0 Å². The normalized spacial score (nSPS) is 15.5. The van der Waals surface area contributed by atoms with Gasteiger partial charge < -0.3 is 15.1 Å². The summed E-state index contributed by atoms with van der Waals surface area (Å²) in [6.07, 6.45) is 3.33. The van der Waals surface area contributed by atoms with Crippen molar-refractivity contribution in [3.8, 4) is 0 Å². The molecule has 0 aromatic heterocycles. The molecular weight excluding hydrogens is 362 g/mol. The Morgan fingerprint density at radius 3 is 2.19 bits per heavy atom. The summed E-state index contributed by atoms with van der Waals surface area (Å²) in [5.41, 5.74) is 1.13. The number of rotatable bonds is 6. The van der Waals surface area contributed by atoms with E-state index in [9.17, 15) is 9.59 Å². The second-order valence-electron chi connectivity index (χ2n) is 7.65. The summed E-state index contributed by atoms with van der Waals surface area (Å²) in [7, 11) is 3.51. The van der Waals surface area contributed by atoms with E-state index in [1.54, 1.807) is 19.0 Å². The molecule has 27 heavy (non-hydrogen) atoms. The predicted molar refractivity (Wildman–Crippen MR) is 110 cm³/mol. The summed E-state index contributed by atoms with van der Waals surface area (Å²) in [5.74, 6) is 0.0834. The van der Waals surface area contributed by atoms with Crippen LogP contribution in [0.25, 0.3) is 0 Å². The number of hydrogen-bond acceptors (Lipinski definition) is 2. The van der Waals surface area contributed by atoms with Gasteiger partial charge >= 0.3 is 6.03 Å². The summed E-state index contributed by atoms with van der Waals surface area (Å²) < 4.78 is 0. The van der Waals surface area contributed by atoms with Crippen molar-refractivity contribution < 1.29 is 9.59 Å². The molecule has 6 heteroatoms. The van der Waals surface area contributed by atoms with Crippen molar-refractivity contribution in [2.24, 2.45) is 5.92 Å². The van der Waals surface area contributed by atoms with Crippen LogP contribution in [0.2, 0.25) is 5.02 Å². The molecule has 0 saturated carbocycles. The van der Waals surface area contributed by atoms with Crippen LogP contribution in [0.1, 0.15) is 45.1 Å². The Hall–Kier alpha value is -1.75. The number of benzene rings is 1. The SMILES string of the molecule is CCC(CC)(CNC(=O)C1CCN(C(=O)N(C)C)CC1)c1ccc(Cl)cc1. The molecule has 1 N–H and O–H groups in total. The molecule has 2 rings (SSSR count). The lowest BCUT2D eigenvalue weighted by molar-refractivity contribution is -0.126. The van der Waals surface area contributed by atoms with E-state index in [4.69, 9.17) is 11.6 Å². The smallest absolute Gasteiger partial charge is 0.319 e. The zero-order chi connectivity index (χ0) is 20.0. The number of amides is 3. The molecule has 1 aliphatic heterocycles. The first-order chi connectivity index (χ1) is 12.8. The van der Waals surface area contributed by atoms with E-state index >= 15 is 0 Å². The van der Waals surface area contributed by atoms with Crippen LogP contribution >= 0.6 is 11.6 Å². The van der Waals surface area contributed by atoms with Crippen LogP contribution in [0.5, 0.6) is 0 Å². The van der Waals surface area contributed by atoms with Crippen LogP contribution in [-0.4, -0.2) is 55.5 Å². The van der Waals surface area contributed by atoms with Gasteiger partial charge in [-0.05, 0) is 43.4 Å². The average Bonchev–Trinajstić information content (AvgIpc) is 2.69. The highest BCUT2D eigenvalue weighted by Gasteiger charge is 2.32. The number of nitrogens with zero attached hydrogens (tertiary/aromatic N) is 2. The highest BCUT2D eigenvalue weighted by molar-refractivity contribution is 6.30. The summed E-state index contributed by atoms with van der Waals surface area (Å²) in [6, 6.07) is 7.97. The number of likely N-dealkylation sites (tertiary alicyclic amines) is 1. The monoisotopic (exact) mass is 393 g/mol. The van der Waals surface area contributed by atoms with Gasteiger partial charge in [0.25, 0.3) is 0 Å². The second-order valence-corrected chi connectivity index (χ2v) is 8.09. The number of carbonyl (C=O) groups excluding carboxylic acids is 2. The van der Waals surface area contributed by atoms with Gasteiger partial charge in [0.05, 0.1) is 0 Å². The summed E-state index contributed by atoms with van der Waals surface area (Å²) in [4.78, 5) is 28.2. The minimum atomic E-state index is -0.0815. The lowest BCUT2D eigenvalue weighted by Gasteiger charge is -2.35. The molecule has 0 radical (unpaired) electrons. The third kappa shape index (κ3) is 5.16. The zero-order valence-electron chi connectivity index (χ0n) is 16.9. The molecule has 0 unspecified atom stereocenters. The van der Waals surface area contributed by atoms with Crippen LogP contribution in [0.4, 0.5) is 4.79 Å². The number of urea groups is 1. The molecule has 1 aromatic rings. The molecule has 150 valence electrons.